The molecule has 122 valence electrons. The van der Waals surface area contributed by atoms with E-state index >= 15 is 0 Å². The SMILES string of the molecule is COc1ncccc1C(=O)Nc1cc(-n2nc(C)cc2C)ncn1. The third-order valence-electron chi connectivity index (χ3n) is 3.33. The number of amides is 1. The first kappa shape index (κ1) is 15.6. The number of ether oxygens (including phenoxy) is 1. The molecule has 3 heterocycles. The summed E-state index contributed by atoms with van der Waals surface area (Å²) in [7, 11) is 1.46. The zero-order valence-electron chi connectivity index (χ0n) is 13.5. The number of nitrogens with one attached hydrogen (secondary N) is 1. The van der Waals surface area contributed by atoms with Gasteiger partial charge in [0.2, 0.25) is 5.88 Å². The Labute approximate surface area is 138 Å². The van der Waals surface area contributed by atoms with Gasteiger partial charge in [0, 0.05) is 18.0 Å². The van der Waals surface area contributed by atoms with Crippen LogP contribution in [0.4, 0.5) is 5.82 Å². The molecular weight excluding hydrogens is 308 g/mol. The Kier molecular flexibility index (Phi) is 4.19. The summed E-state index contributed by atoms with van der Waals surface area (Å²) in [6, 6.07) is 6.89. The molecule has 0 aliphatic rings. The van der Waals surface area contributed by atoms with Gasteiger partial charge >= 0.3 is 0 Å². The Bertz CT molecular complexity index is 890. The second-order valence-electron chi connectivity index (χ2n) is 5.11. The fraction of sp³-hybridized carbons (Fsp3) is 0.188. The zero-order chi connectivity index (χ0) is 17.1. The Morgan fingerprint density at radius 3 is 2.75 bits per heavy atom. The van der Waals surface area contributed by atoms with Crippen LogP contribution in [0.2, 0.25) is 0 Å². The van der Waals surface area contributed by atoms with Crippen LogP contribution in [0.15, 0.2) is 36.8 Å². The van der Waals surface area contributed by atoms with Crippen molar-refractivity contribution in [3.05, 3.63) is 53.7 Å². The van der Waals surface area contributed by atoms with E-state index < -0.39 is 0 Å². The molecule has 8 heteroatoms. The summed E-state index contributed by atoms with van der Waals surface area (Å²) in [4.78, 5) is 24.7. The summed E-state index contributed by atoms with van der Waals surface area (Å²) in [6.07, 6.45) is 2.93. The van der Waals surface area contributed by atoms with E-state index in [1.807, 2.05) is 19.9 Å². The third kappa shape index (κ3) is 3.07. The molecule has 1 amide bonds. The van der Waals surface area contributed by atoms with Gasteiger partial charge < -0.3 is 10.1 Å². The third-order valence-corrected chi connectivity index (χ3v) is 3.33. The molecule has 8 nitrogen and oxygen atoms in total. The molecule has 3 aromatic heterocycles. The monoisotopic (exact) mass is 324 g/mol. The first-order valence-corrected chi connectivity index (χ1v) is 7.24. The van der Waals surface area contributed by atoms with E-state index in [-0.39, 0.29) is 11.8 Å². The average Bonchev–Trinajstić information content (AvgIpc) is 2.93. The van der Waals surface area contributed by atoms with Crippen molar-refractivity contribution in [3.8, 4) is 11.7 Å². The summed E-state index contributed by atoms with van der Waals surface area (Å²) >= 11 is 0. The first-order chi connectivity index (χ1) is 11.6. The molecule has 1 N–H and O–H groups in total. The van der Waals surface area contributed by atoms with Crippen LogP contribution in [0.5, 0.6) is 5.88 Å². The summed E-state index contributed by atoms with van der Waals surface area (Å²) in [5.74, 6) is 0.827. The highest BCUT2D eigenvalue weighted by molar-refractivity contribution is 6.05. The van der Waals surface area contributed by atoms with E-state index in [2.05, 4.69) is 25.4 Å². The molecule has 0 aliphatic heterocycles. The minimum atomic E-state index is -0.363. The lowest BCUT2D eigenvalue weighted by Crippen LogP contribution is -2.15. The smallest absolute Gasteiger partial charge is 0.262 e. The van der Waals surface area contributed by atoms with Crippen molar-refractivity contribution >= 4 is 11.7 Å². The zero-order valence-corrected chi connectivity index (χ0v) is 13.5. The highest BCUT2D eigenvalue weighted by Gasteiger charge is 2.14. The molecular formula is C16H16N6O2. The standard InChI is InChI=1S/C16H16N6O2/c1-10-7-11(2)22(21-10)14-8-13(18-9-19-14)20-15(23)12-5-4-6-17-16(12)24-3/h4-9H,1-3H3,(H,18,19,20,23). The lowest BCUT2D eigenvalue weighted by molar-refractivity contribution is 0.102. The second kappa shape index (κ2) is 6.45. The average molecular weight is 324 g/mol. The number of nitrogens with zero attached hydrogens (tertiary/aromatic N) is 5. The maximum atomic E-state index is 12.4. The van der Waals surface area contributed by atoms with E-state index in [1.165, 1.54) is 13.4 Å². The fourth-order valence-corrected chi connectivity index (χ4v) is 2.30. The van der Waals surface area contributed by atoms with Crippen LogP contribution in [0.25, 0.3) is 5.82 Å². The number of aryl methyl sites for hydroxylation is 2. The molecule has 0 aliphatic carbocycles. The van der Waals surface area contributed by atoms with Crippen LogP contribution < -0.4 is 10.1 Å². The molecule has 0 radical (unpaired) electrons. The van der Waals surface area contributed by atoms with Crippen molar-refractivity contribution in [1.82, 2.24) is 24.7 Å². The molecule has 24 heavy (non-hydrogen) atoms. The van der Waals surface area contributed by atoms with Crippen molar-refractivity contribution in [1.29, 1.82) is 0 Å². The largest absolute Gasteiger partial charge is 0.480 e. The number of hydrogen-bond donors (Lipinski definition) is 1. The number of carbonyl (C=O) groups excluding carboxylic acids is 1. The van der Waals surface area contributed by atoms with Gasteiger partial charge in [0.05, 0.1) is 12.8 Å². The highest BCUT2D eigenvalue weighted by Crippen LogP contribution is 2.17. The van der Waals surface area contributed by atoms with Gasteiger partial charge in [0.1, 0.15) is 17.7 Å². The van der Waals surface area contributed by atoms with Gasteiger partial charge in [0.15, 0.2) is 5.82 Å². The Morgan fingerprint density at radius 1 is 1.21 bits per heavy atom. The van der Waals surface area contributed by atoms with E-state index in [0.717, 1.165) is 11.4 Å². The van der Waals surface area contributed by atoms with Crippen LogP contribution in [-0.4, -0.2) is 37.7 Å². The summed E-state index contributed by atoms with van der Waals surface area (Å²) in [5.41, 5.74) is 2.15. The molecule has 0 fully saturated rings. The predicted octanol–water partition coefficient (Wildman–Crippen LogP) is 1.94. The molecule has 0 bridgehead atoms. The lowest BCUT2D eigenvalue weighted by Gasteiger charge is -2.09. The molecule has 3 aromatic rings. The molecule has 0 saturated carbocycles. The maximum absolute atomic E-state index is 12.4. The van der Waals surface area contributed by atoms with Gasteiger partial charge in [0.25, 0.3) is 5.91 Å². The molecule has 0 saturated heterocycles. The van der Waals surface area contributed by atoms with Crippen molar-refractivity contribution in [2.24, 2.45) is 0 Å². The second-order valence-corrected chi connectivity index (χ2v) is 5.11. The number of carbonyl (C=O) groups is 1. The number of rotatable bonds is 4. The lowest BCUT2D eigenvalue weighted by atomic mass is 10.2. The predicted molar refractivity (Wildman–Crippen MR) is 87.4 cm³/mol. The van der Waals surface area contributed by atoms with Gasteiger partial charge in [-0.1, -0.05) is 0 Å². The summed E-state index contributed by atoms with van der Waals surface area (Å²) in [6.45, 7) is 3.84. The van der Waals surface area contributed by atoms with Crippen LogP contribution in [0, 0.1) is 13.8 Å². The first-order valence-electron chi connectivity index (χ1n) is 7.24. The minimum Gasteiger partial charge on any atom is -0.480 e. The van der Waals surface area contributed by atoms with Crippen LogP contribution in [0.3, 0.4) is 0 Å². The number of methoxy groups -OCH3 is 1. The Balaban J connectivity index is 1.87. The van der Waals surface area contributed by atoms with Gasteiger partial charge in [-0.15, -0.1) is 0 Å². The number of pyridine rings is 1. The molecule has 0 aromatic carbocycles. The van der Waals surface area contributed by atoms with E-state index in [9.17, 15) is 4.79 Å². The van der Waals surface area contributed by atoms with E-state index in [1.54, 1.807) is 29.1 Å². The van der Waals surface area contributed by atoms with Crippen molar-refractivity contribution < 1.29 is 9.53 Å². The van der Waals surface area contributed by atoms with Crippen LogP contribution in [0.1, 0.15) is 21.7 Å². The number of aromatic nitrogens is 5. The van der Waals surface area contributed by atoms with Gasteiger partial charge in [-0.25, -0.2) is 19.6 Å². The minimum absolute atomic E-state index is 0.253. The van der Waals surface area contributed by atoms with Crippen molar-refractivity contribution in [2.45, 2.75) is 13.8 Å². The van der Waals surface area contributed by atoms with Crippen molar-refractivity contribution in [2.75, 3.05) is 12.4 Å². The fourth-order valence-electron chi connectivity index (χ4n) is 2.30. The van der Waals surface area contributed by atoms with Gasteiger partial charge in [-0.05, 0) is 32.0 Å². The van der Waals surface area contributed by atoms with Gasteiger partial charge in [-0.2, -0.15) is 5.10 Å². The molecule has 3 rings (SSSR count). The maximum Gasteiger partial charge on any atom is 0.262 e. The topological polar surface area (TPSA) is 94.8 Å². The van der Waals surface area contributed by atoms with Gasteiger partial charge in [-0.3, -0.25) is 4.79 Å². The number of hydrogen-bond acceptors (Lipinski definition) is 6. The summed E-state index contributed by atoms with van der Waals surface area (Å²) in [5, 5.41) is 7.09. The van der Waals surface area contributed by atoms with Crippen molar-refractivity contribution in [3.63, 3.8) is 0 Å². The van der Waals surface area contributed by atoms with Crippen LogP contribution in [-0.2, 0) is 0 Å². The molecule has 0 unspecified atom stereocenters. The van der Waals surface area contributed by atoms with E-state index in [4.69, 9.17) is 4.74 Å². The Hall–Kier alpha value is -3.29. The van der Waals surface area contributed by atoms with E-state index in [0.29, 0.717) is 17.2 Å². The quantitative estimate of drug-likeness (QED) is 0.788. The molecule has 0 atom stereocenters. The highest BCUT2D eigenvalue weighted by atomic mass is 16.5. The molecule has 0 spiro atoms. The summed E-state index contributed by atoms with van der Waals surface area (Å²) < 4.78 is 6.79. The van der Waals surface area contributed by atoms with Crippen LogP contribution >= 0.6 is 0 Å². The normalized spacial score (nSPS) is 10.5. The Morgan fingerprint density at radius 2 is 2.04 bits per heavy atom. The number of anilines is 1.